The van der Waals surface area contributed by atoms with E-state index in [1.54, 1.807) is 39.0 Å². The van der Waals surface area contributed by atoms with Crippen LogP contribution in [0, 0.1) is 6.92 Å². The Morgan fingerprint density at radius 2 is 1.72 bits per heavy atom. The molecule has 0 saturated heterocycles. The number of amides is 1. The topological polar surface area (TPSA) is 84.9 Å². The van der Waals surface area contributed by atoms with Crippen LogP contribution in [0.25, 0.3) is 0 Å². The summed E-state index contributed by atoms with van der Waals surface area (Å²) >= 11 is 3.43. The Morgan fingerprint density at radius 1 is 1.10 bits per heavy atom. The molecular formula is C20H23BrN2O5S. The zero-order valence-electron chi connectivity index (χ0n) is 16.5. The molecule has 1 aliphatic rings. The molecular weight excluding hydrogens is 460 g/mol. The molecule has 0 radical (unpaired) electrons. The largest absolute Gasteiger partial charge is 0.486 e. The van der Waals surface area contributed by atoms with E-state index in [0.717, 1.165) is 0 Å². The number of rotatable bonds is 6. The molecule has 1 aliphatic heterocycles. The highest BCUT2D eigenvalue weighted by molar-refractivity contribution is 9.10. The molecule has 2 aromatic rings. The molecule has 0 atom stereocenters. The Morgan fingerprint density at radius 3 is 2.34 bits per heavy atom. The predicted octanol–water partition coefficient (Wildman–Crippen LogP) is 3.81. The molecule has 0 unspecified atom stereocenters. The highest BCUT2D eigenvalue weighted by Gasteiger charge is 2.24. The summed E-state index contributed by atoms with van der Waals surface area (Å²) < 4.78 is 38.7. The van der Waals surface area contributed by atoms with Crippen LogP contribution in [0.1, 0.15) is 29.8 Å². The molecule has 7 nitrogen and oxygen atoms in total. The molecule has 2 aromatic carbocycles. The van der Waals surface area contributed by atoms with Crippen molar-refractivity contribution in [3.8, 4) is 11.5 Å². The number of aryl methyl sites for hydroxylation is 1. The number of hydrogen-bond donors (Lipinski definition) is 1. The minimum atomic E-state index is -3.66. The van der Waals surface area contributed by atoms with E-state index >= 15 is 0 Å². The van der Waals surface area contributed by atoms with Crippen molar-refractivity contribution in [3.05, 3.63) is 45.9 Å². The van der Waals surface area contributed by atoms with E-state index in [0.29, 0.717) is 59.1 Å². The van der Waals surface area contributed by atoms with Crippen molar-refractivity contribution in [3.63, 3.8) is 0 Å². The standard InChI is InChI=1S/C20H23BrN2O5S/c1-4-23(5-2)29(25,26)14-7-6-13(3)15(10-14)20(24)22-17-12-19-18(11-16(17)21)27-8-9-28-19/h6-7,10-12H,4-5,8-9H2,1-3H3,(H,22,24). The number of ether oxygens (including phenoxy) is 2. The van der Waals surface area contributed by atoms with Gasteiger partial charge >= 0.3 is 0 Å². The van der Waals surface area contributed by atoms with Crippen molar-refractivity contribution in [2.75, 3.05) is 31.6 Å². The summed E-state index contributed by atoms with van der Waals surface area (Å²) in [6, 6.07) is 8.01. The van der Waals surface area contributed by atoms with Gasteiger partial charge < -0.3 is 14.8 Å². The van der Waals surface area contributed by atoms with Crippen molar-refractivity contribution in [2.24, 2.45) is 0 Å². The minimum Gasteiger partial charge on any atom is -0.486 e. The van der Waals surface area contributed by atoms with Gasteiger partial charge in [-0.15, -0.1) is 0 Å². The maximum absolute atomic E-state index is 12.9. The molecule has 1 N–H and O–H groups in total. The van der Waals surface area contributed by atoms with E-state index in [2.05, 4.69) is 21.2 Å². The molecule has 156 valence electrons. The van der Waals surface area contributed by atoms with Crippen LogP contribution in [0.3, 0.4) is 0 Å². The highest BCUT2D eigenvalue weighted by atomic mass is 79.9. The first-order valence-electron chi connectivity index (χ1n) is 9.29. The van der Waals surface area contributed by atoms with Crippen molar-refractivity contribution in [2.45, 2.75) is 25.7 Å². The zero-order chi connectivity index (χ0) is 21.2. The number of anilines is 1. The van der Waals surface area contributed by atoms with Gasteiger partial charge in [-0.2, -0.15) is 4.31 Å². The van der Waals surface area contributed by atoms with Gasteiger partial charge in [-0.1, -0.05) is 19.9 Å². The van der Waals surface area contributed by atoms with Crippen LogP contribution < -0.4 is 14.8 Å². The molecule has 9 heteroatoms. The molecule has 0 saturated carbocycles. The molecule has 29 heavy (non-hydrogen) atoms. The maximum atomic E-state index is 12.9. The van der Waals surface area contributed by atoms with E-state index in [9.17, 15) is 13.2 Å². The third-order valence-corrected chi connectivity index (χ3v) is 7.38. The summed E-state index contributed by atoms with van der Waals surface area (Å²) in [5, 5.41) is 2.82. The first kappa shape index (κ1) is 21.6. The van der Waals surface area contributed by atoms with Crippen LogP contribution in [-0.2, 0) is 10.0 Å². The van der Waals surface area contributed by atoms with Crippen LogP contribution in [0.2, 0.25) is 0 Å². The Balaban J connectivity index is 1.92. The molecule has 0 bridgehead atoms. The quantitative estimate of drug-likeness (QED) is 0.676. The Hall–Kier alpha value is -2.10. The van der Waals surface area contributed by atoms with Crippen LogP contribution >= 0.6 is 15.9 Å². The molecule has 0 aromatic heterocycles. The highest BCUT2D eigenvalue weighted by Crippen LogP contribution is 2.38. The van der Waals surface area contributed by atoms with Crippen molar-refractivity contribution in [1.82, 2.24) is 4.31 Å². The van der Waals surface area contributed by atoms with Gasteiger partial charge in [0.25, 0.3) is 5.91 Å². The van der Waals surface area contributed by atoms with E-state index in [4.69, 9.17) is 9.47 Å². The summed E-state index contributed by atoms with van der Waals surface area (Å²) in [5.41, 5.74) is 1.48. The van der Waals surface area contributed by atoms with E-state index in [-0.39, 0.29) is 4.90 Å². The molecule has 0 spiro atoms. The van der Waals surface area contributed by atoms with Gasteiger partial charge in [0.15, 0.2) is 11.5 Å². The van der Waals surface area contributed by atoms with Crippen LogP contribution in [0.5, 0.6) is 11.5 Å². The van der Waals surface area contributed by atoms with Gasteiger partial charge in [0.1, 0.15) is 13.2 Å². The SMILES string of the molecule is CCN(CC)S(=O)(=O)c1ccc(C)c(C(=O)Nc2cc3c(cc2Br)OCCO3)c1. The average molecular weight is 483 g/mol. The Bertz CT molecular complexity index is 1040. The van der Waals surface area contributed by atoms with Crippen molar-refractivity contribution >= 4 is 37.5 Å². The number of halogens is 1. The summed E-state index contributed by atoms with van der Waals surface area (Å²) in [6.45, 7) is 6.95. The van der Waals surface area contributed by atoms with Gasteiger partial charge in [0, 0.05) is 35.3 Å². The smallest absolute Gasteiger partial charge is 0.256 e. The number of carbonyl (C=O) groups is 1. The fraction of sp³-hybridized carbons (Fsp3) is 0.350. The van der Waals surface area contributed by atoms with Crippen molar-refractivity contribution in [1.29, 1.82) is 0 Å². The Kier molecular flexibility index (Phi) is 6.50. The van der Waals surface area contributed by atoms with Gasteiger partial charge in [0.2, 0.25) is 10.0 Å². The van der Waals surface area contributed by atoms with E-state index in [1.165, 1.54) is 16.4 Å². The normalized spacial score (nSPS) is 13.4. The number of fused-ring (bicyclic) bond motifs is 1. The summed E-state index contributed by atoms with van der Waals surface area (Å²) in [7, 11) is -3.66. The van der Waals surface area contributed by atoms with Gasteiger partial charge in [-0.25, -0.2) is 8.42 Å². The molecule has 1 amide bonds. The second-order valence-electron chi connectivity index (χ2n) is 6.50. The maximum Gasteiger partial charge on any atom is 0.256 e. The number of nitrogens with one attached hydrogen (secondary N) is 1. The third kappa shape index (κ3) is 4.41. The summed E-state index contributed by atoms with van der Waals surface area (Å²) in [5.74, 6) is 0.741. The fourth-order valence-electron chi connectivity index (χ4n) is 3.07. The molecule has 0 fully saturated rings. The van der Waals surface area contributed by atoms with E-state index in [1.807, 2.05) is 0 Å². The lowest BCUT2D eigenvalue weighted by atomic mass is 10.1. The molecule has 3 rings (SSSR count). The second kappa shape index (κ2) is 8.73. The lowest BCUT2D eigenvalue weighted by molar-refractivity contribution is 0.102. The predicted molar refractivity (Wildman–Crippen MR) is 114 cm³/mol. The summed E-state index contributed by atoms with van der Waals surface area (Å²) in [4.78, 5) is 13.0. The zero-order valence-corrected chi connectivity index (χ0v) is 18.9. The molecule has 0 aliphatic carbocycles. The lowest BCUT2D eigenvalue weighted by Gasteiger charge is -2.21. The van der Waals surface area contributed by atoms with Crippen LogP contribution in [0.15, 0.2) is 39.7 Å². The third-order valence-electron chi connectivity index (χ3n) is 4.68. The number of sulfonamides is 1. The second-order valence-corrected chi connectivity index (χ2v) is 9.29. The van der Waals surface area contributed by atoms with Crippen LogP contribution in [0.4, 0.5) is 5.69 Å². The monoisotopic (exact) mass is 482 g/mol. The number of carbonyl (C=O) groups excluding carboxylic acids is 1. The lowest BCUT2D eigenvalue weighted by Crippen LogP contribution is -2.30. The van der Waals surface area contributed by atoms with Gasteiger partial charge in [-0.3, -0.25) is 4.79 Å². The number of nitrogens with zero attached hydrogens (tertiary/aromatic N) is 1. The van der Waals surface area contributed by atoms with E-state index < -0.39 is 15.9 Å². The van der Waals surface area contributed by atoms with Crippen LogP contribution in [-0.4, -0.2) is 44.9 Å². The van der Waals surface area contributed by atoms with Crippen molar-refractivity contribution < 1.29 is 22.7 Å². The summed E-state index contributed by atoms with van der Waals surface area (Å²) in [6.07, 6.45) is 0. The first-order chi connectivity index (χ1) is 13.8. The van der Waals surface area contributed by atoms with Gasteiger partial charge in [0.05, 0.1) is 10.6 Å². The number of hydrogen-bond acceptors (Lipinski definition) is 5. The first-order valence-corrected chi connectivity index (χ1v) is 11.5. The number of benzene rings is 2. The molecule has 1 heterocycles. The Labute approximate surface area is 179 Å². The average Bonchev–Trinajstić information content (AvgIpc) is 2.69. The van der Waals surface area contributed by atoms with Gasteiger partial charge in [-0.05, 0) is 40.5 Å². The fourth-order valence-corrected chi connectivity index (χ4v) is 4.97. The minimum absolute atomic E-state index is 0.0955.